The molecule has 0 aromatic heterocycles. The van der Waals surface area contributed by atoms with Crippen molar-refractivity contribution >= 4 is 17.5 Å². The Bertz CT molecular complexity index is 268. The Balaban J connectivity index is 1.85. The summed E-state index contributed by atoms with van der Waals surface area (Å²) in [6.07, 6.45) is 2.70. The molecular formula is C12H21ClN2O. The fourth-order valence-electron chi connectivity index (χ4n) is 2.22. The minimum absolute atomic E-state index is 0.206. The molecule has 0 spiro atoms. The van der Waals surface area contributed by atoms with Crippen molar-refractivity contribution in [2.45, 2.75) is 32.7 Å². The van der Waals surface area contributed by atoms with Gasteiger partial charge in [-0.3, -0.25) is 9.69 Å². The van der Waals surface area contributed by atoms with Crippen molar-refractivity contribution in [2.75, 3.05) is 32.1 Å². The van der Waals surface area contributed by atoms with E-state index in [-0.39, 0.29) is 5.91 Å². The van der Waals surface area contributed by atoms with E-state index in [0.717, 1.165) is 32.2 Å². The van der Waals surface area contributed by atoms with Crippen molar-refractivity contribution in [3.05, 3.63) is 0 Å². The Kier molecular flexibility index (Phi) is 3.45. The molecule has 0 atom stereocenters. The predicted molar refractivity (Wildman–Crippen MR) is 65.7 cm³/mol. The topological polar surface area (TPSA) is 23.6 Å². The molecule has 1 aliphatic heterocycles. The number of alkyl halides is 1. The molecule has 0 aromatic rings. The number of rotatable bonds is 3. The smallest absolute Gasteiger partial charge is 0.229 e. The van der Waals surface area contributed by atoms with Gasteiger partial charge in [-0.2, -0.15) is 0 Å². The van der Waals surface area contributed by atoms with Gasteiger partial charge in [0.25, 0.3) is 0 Å². The number of nitrogens with zero attached hydrogens (tertiary/aromatic N) is 2. The largest absolute Gasteiger partial charge is 0.340 e. The maximum atomic E-state index is 12.2. The van der Waals surface area contributed by atoms with Gasteiger partial charge in [-0.15, -0.1) is 11.6 Å². The molecule has 1 amide bonds. The number of amides is 1. The molecule has 0 bridgehead atoms. The maximum Gasteiger partial charge on any atom is 0.229 e. The lowest BCUT2D eigenvalue weighted by Crippen LogP contribution is -2.52. The Labute approximate surface area is 103 Å². The SMILES string of the molecule is CC(C)(CCl)C(=O)N1CCN(C2CC2)CC1. The van der Waals surface area contributed by atoms with E-state index < -0.39 is 5.41 Å². The number of halogens is 1. The van der Waals surface area contributed by atoms with Gasteiger partial charge in [0, 0.05) is 38.1 Å². The predicted octanol–water partition coefficient (Wildman–Crippen LogP) is 1.56. The molecule has 1 saturated heterocycles. The van der Waals surface area contributed by atoms with E-state index in [1.807, 2.05) is 18.7 Å². The lowest BCUT2D eigenvalue weighted by molar-refractivity contribution is -0.141. The lowest BCUT2D eigenvalue weighted by Gasteiger charge is -2.38. The fraction of sp³-hybridized carbons (Fsp3) is 0.917. The van der Waals surface area contributed by atoms with Crippen molar-refractivity contribution in [3.8, 4) is 0 Å². The molecule has 4 heteroatoms. The summed E-state index contributed by atoms with van der Waals surface area (Å²) in [4.78, 5) is 16.7. The Hall–Kier alpha value is -0.280. The average Bonchev–Trinajstić information content (AvgIpc) is 3.12. The van der Waals surface area contributed by atoms with Gasteiger partial charge in [0.15, 0.2) is 0 Å². The lowest BCUT2D eigenvalue weighted by atomic mass is 9.94. The number of piperazine rings is 1. The normalized spacial score (nSPS) is 23.6. The van der Waals surface area contributed by atoms with E-state index in [9.17, 15) is 4.79 Å². The molecule has 2 fully saturated rings. The number of carbonyl (C=O) groups is 1. The summed E-state index contributed by atoms with van der Waals surface area (Å²) in [7, 11) is 0. The van der Waals surface area contributed by atoms with Crippen LogP contribution >= 0.6 is 11.6 Å². The number of hydrogen-bond acceptors (Lipinski definition) is 2. The van der Waals surface area contributed by atoms with E-state index in [1.165, 1.54) is 12.8 Å². The van der Waals surface area contributed by atoms with Crippen LogP contribution in [0.1, 0.15) is 26.7 Å². The second-order valence-electron chi connectivity index (χ2n) is 5.58. The summed E-state index contributed by atoms with van der Waals surface area (Å²) >= 11 is 5.84. The van der Waals surface area contributed by atoms with Gasteiger partial charge in [-0.25, -0.2) is 0 Å². The van der Waals surface area contributed by atoms with Gasteiger partial charge < -0.3 is 4.90 Å². The zero-order chi connectivity index (χ0) is 11.8. The third-order valence-corrected chi connectivity index (χ3v) is 4.25. The first-order chi connectivity index (χ1) is 7.54. The quantitative estimate of drug-likeness (QED) is 0.704. The highest BCUT2D eigenvalue weighted by Gasteiger charge is 2.36. The van der Waals surface area contributed by atoms with Crippen LogP contribution in [0.25, 0.3) is 0 Å². The van der Waals surface area contributed by atoms with Crippen molar-refractivity contribution in [1.29, 1.82) is 0 Å². The summed E-state index contributed by atoms with van der Waals surface area (Å²) < 4.78 is 0. The molecule has 1 aliphatic carbocycles. The van der Waals surface area contributed by atoms with Crippen LogP contribution in [0.4, 0.5) is 0 Å². The third-order valence-electron chi connectivity index (χ3n) is 3.58. The highest BCUT2D eigenvalue weighted by Crippen LogP contribution is 2.28. The molecule has 16 heavy (non-hydrogen) atoms. The number of carbonyl (C=O) groups excluding carboxylic acids is 1. The van der Waals surface area contributed by atoms with Crippen LogP contribution in [0, 0.1) is 5.41 Å². The van der Waals surface area contributed by atoms with Crippen LogP contribution in [-0.2, 0) is 4.79 Å². The molecular weight excluding hydrogens is 224 g/mol. The van der Waals surface area contributed by atoms with Crippen molar-refractivity contribution in [2.24, 2.45) is 5.41 Å². The molecule has 2 rings (SSSR count). The summed E-state index contributed by atoms with van der Waals surface area (Å²) in [5, 5.41) is 0. The summed E-state index contributed by atoms with van der Waals surface area (Å²) in [5.41, 5.74) is -0.413. The van der Waals surface area contributed by atoms with E-state index in [4.69, 9.17) is 11.6 Å². The van der Waals surface area contributed by atoms with Gasteiger partial charge in [-0.1, -0.05) is 0 Å². The monoisotopic (exact) mass is 244 g/mol. The molecule has 0 unspecified atom stereocenters. The van der Waals surface area contributed by atoms with Crippen LogP contribution in [0.3, 0.4) is 0 Å². The van der Waals surface area contributed by atoms with Crippen molar-refractivity contribution in [3.63, 3.8) is 0 Å². The second kappa shape index (κ2) is 4.53. The molecule has 1 heterocycles. The Morgan fingerprint density at radius 2 is 1.81 bits per heavy atom. The molecule has 0 radical (unpaired) electrons. The Morgan fingerprint density at radius 3 is 2.25 bits per heavy atom. The molecule has 92 valence electrons. The molecule has 0 N–H and O–H groups in total. The van der Waals surface area contributed by atoms with Gasteiger partial charge >= 0.3 is 0 Å². The van der Waals surface area contributed by atoms with E-state index in [1.54, 1.807) is 0 Å². The van der Waals surface area contributed by atoms with Gasteiger partial charge in [0.05, 0.1) is 5.41 Å². The first kappa shape index (κ1) is 12.2. The average molecular weight is 245 g/mol. The number of hydrogen-bond donors (Lipinski definition) is 0. The standard InChI is InChI=1S/C12H21ClN2O/c1-12(2,9-13)11(16)15-7-5-14(6-8-15)10-3-4-10/h10H,3-9H2,1-2H3. The van der Waals surface area contributed by atoms with Crippen molar-refractivity contribution < 1.29 is 4.79 Å². The van der Waals surface area contributed by atoms with Crippen LogP contribution in [0.15, 0.2) is 0 Å². The fourth-order valence-corrected chi connectivity index (χ4v) is 2.33. The molecule has 3 nitrogen and oxygen atoms in total. The van der Waals surface area contributed by atoms with E-state index >= 15 is 0 Å². The van der Waals surface area contributed by atoms with Crippen LogP contribution < -0.4 is 0 Å². The van der Waals surface area contributed by atoms with E-state index in [2.05, 4.69) is 4.90 Å². The highest BCUT2D eigenvalue weighted by molar-refractivity contribution is 6.19. The summed E-state index contributed by atoms with van der Waals surface area (Å²) in [6, 6.07) is 0.818. The van der Waals surface area contributed by atoms with Crippen LogP contribution in [0.2, 0.25) is 0 Å². The zero-order valence-corrected chi connectivity index (χ0v) is 11.0. The van der Waals surface area contributed by atoms with Gasteiger partial charge in [0.1, 0.15) is 0 Å². The van der Waals surface area contributed by atoms with Crippen LogP contribution in [0.5, 0.6) is 0 Å². The molecule has 0 aromatic carbocycles. The first-order valence-electron chi connectivity index (χ1n) is 6.14. The molecule has 2 aliphatic rings. The van der Waals surface area contributed by atoms with Gasteiger partial charge in [0.2, 0.25) is 5.91 Å². The maximum absolute atomic E-state index is 12.2. The van der Waals surface area contributed by atoms with E-state index in [0.29, 0.717) is 5.88 Å². The summed E-state index contributed by atoms with van der Waals surface area (Å²) in [5.74, 6) is 0.604. The van der Waals surface area contributed by atoms with Crippen LogP contribution in [-0.4, -0.2) is 53.8 Å². The molecule has 1 saturated carbocycles. The Morgan fingerprint density at radius 1 is 1.25 bits per heavy atom. The van der Waals surface area contributed by atoms with Gasteiger partial charge in [-0.05, 0) is 26.7 Å². The second-order valence-corrected chi connectivity index (χ2v) is 5.84. The first-order valence-corrected chi connectivity index (χ1v) is 6.67. The zero-order valence-electron chi connectivity index (χ0n) is 10.2. The highest BCUT2D eigenvalue weighted by atomic mass is 35.5. The summed E-state index contributed by atoms with van der Waals surface area (Å²) in [6.45, 7) is 7.67. The minimum Gasteiger partial charge on any atom is -0.340 e. The third kappa shape index (κ3) is 2.51. The van der Waals surface area contributed by atoms with Crippen molar-refractivity contribution in [1.82, 2.24) is 9.80 Å². The minimum atomic E-state index is -0.413.